The maximum Gasteiger partial charge on any atom is 0.245 e. The molecule has 3 atom stereocenters. The van der Waals surface area contributed by atoms with Crippen molar-refractivity contribution in [2.45, 2.75) is 182 Å². The molecule has 0 fully saturated rings. The summed E-state index contributed by atoms with van der Waals surface area (Å²) in [6, 6.07) is -2.91. The van der Waals surface area contributed by atoms with Gasteiger partial charge in [0.1, 0.15) is 35.0 Å². The molecule has 0 rings (SSSR count). The number of likely N-dealkylation sites (N-methyl/N-ethyl adjacent to an activating group) is 1. The van der Waals surface area contributed by atoms with E-state index in [1.54, 1.807) is 34.7 Å². The summed E-state index contributed by atoms with van der Waals surface area (Å²) in [7, 11) is 1.65. The van der Waals surface area contributed by atoms with Gasteiger partial charge in [-0.25, -0.2) is 0 Å². The topological polar surface area (TPSA) is 204 Å². The average molecular weight is 752 g/mol. The summed E-state index contributed by atoms with van der Waals surface area (Å²) >= 11 is 0. The molecule has 306 valence electrons. The molecule has 0 radical (unpaired) electrons. The number of unbranched alkanes of at least 4 members (excludes halogenated alkanes) is 5. The van der Waals surface area contributed by atoms with Crippen LogP contribution in [0.2, 0.25) is 0 Å². The zero-order valence-corrected chi connectivity index (χ0v) is 35.0. The fraction of sp³-hybridized carbons (Fsp3) is 0.821. The Balaban J connectivity index is 6.08. The minimum absolute atomic E-state index is 0.0200. The molecule has 53 heavy (non-hydrogen) atoms. The lowest BCUT2D eigenvalue weighted by Gasteiger charge is -2.33. The molecule has 14 heteroatoms. The van der Waals surface area contributed by atoms with E-state index in [0.29, 0.717) is 19.3 Å². The largest absolute Gasteiger partial charge is 0.354 e. The lowest BCUT2D eigenvalue weighted by atomic mass is 9.97. The molecule has 0 saturated heterocycles. The first-order chi connectivity index (χ1) is 24.4. The van der Waals surface area contributed by atoms with Crippen LogP contribution >= 0.6 is 0 Å². The van der Waals surface area contributed by atoms with Crippen LogP contribution in [0, 0.1) is 11.8 Å². The van der Waals surface area contributed by atoms with Gasteiger partial charge in [0.15, 0.2) is 0 Å². The zero-order valence-electron chi connectivity index (χ0n) is 35.0. The summed E-state index contributed by atoms with van der Waals surface area (Å²) in [5.41, 5.74) is -3.76. The van der Waals surface area contributed by atoms with E-state index in [1.165, 1.54) is 20.8 Å². The van der Waals surface area contributed by atoms with E-state index in [4.69, 9.17) is 0 Å². The van der Waals surface area contributed by atoms with Crippen LogP contribution in [-0.4, -0.2) is 89.6 Å². The third-order valence-corrected chi connectivity index (χ3v) is 9.10. The fourth-order valence-electron chi connectivity index (χ4n) is 5.30. The number of nitrogens with one attached hydrogen (secondary N) is 7. The van der Waals surface area contributed by atoms with Crippen LogP contribution in [0.5, 0.6) is 0 Å². The average Bonchev–Trinajstić information content (AvgIpc) is 3.03. The minimum Gasteiger partial charge on any atom is -0.354 e. The molecule has 0 aromatic rings. The Kier molecular flexibility index (Phi) is 21.7. The normalized spacial score (nSPS) is 13.8. The van der Waals surface area contributed by atoms with Crippen molar-refractivity contribution in [1.29, 1.82) is 0 Å². The van der Waals surface area contributed by atoms with E-state index in [1.807, 2.05) is 27.7 Å². The van der Waals surface area contributed by atoms with Crippen molar-refractivity contribution in [2.75, 3.05) is 13.6 Å². The quantitative estimate of drug-likeness (QED) is 0.0653. The molecule has 0 unspecified atom stereocenters. The van der Waals surface area contributed by atoms with E-state index in [-0.39, 0.29) is 42.9 Å². The second-order valence-electron chi connectivity index (χ2n) is 16.7. The van der Waals surface area contributed by atoms with Gasteiger partial charge in [-0.2, -0.15) is 0 Å². The third kappa shape index (κ3) is 19.4. The predicted molar refractivity (Wildman–Crippen MR) is 209 cm³/mol. The summed E-state index contributed by atoms with van der Waals surface area (Å²) in [6.07, 6.45) is 6.89. The molecule has 0 saturated carbocycles. The molecule has 14 nitrogen and oxygen atoms in total. The van der Waals surface area contributed by atoms with Gasteiger partial charge in [0, 0.05) is 13.0 Å². The summed E-state index contributed by atoms with van der Waals surface area (Å²) < 4.78 is 0. The van der Waals surface area contributed by atoms with Gasteiger partial charge in [0.2, 0.25) is 35.4 Å². The van der Waals surface area contributed by atoms with E-state index >= 15 is 0 Å². The van der Waals surface area contributed by atoms with Crippen molar-refractivity contribution in [3.63, 3.8) is 0 Å². The predicted octanol–water partition coefficient (Wildman–Crippen LogP) is 3.17. The second kappa shape index (κ2) is 23.3. The van der Waals surface area contributed by atoms with Gasteiger partial charge >= 0.3 is 0 Å². The molecule has 0 bridgehead atoms. The molecule has 0 spiro atoms. The monoisotopic (exact) mass is 752 g/mol. The Bertz CT molecular complexity index is 1230. The molecule has 0 aromatic heterocycles. The van der Waals surface area contributed by atoms with Gasteiger partial charge in [-0.15, -0.1) is 0 Å². The van der Waals surface area contributed by atoms with Crippen molar-refractivity contribution >= 4 is 41.2 Å². The summed E-state index contributed by atoms with van der Waals surface area (Å²) in [5.74, 6) is -3.12. The minimum atomic E-state index is -1.47. The molecular formula is C39H73N7O7. The van der Waals surface area contributed by atoms with Crippen LogP contribution < -0.4 is 37.2 Å². The van der Waals surface area contributed by atoms with Crippen molar-refractivity contribution in [1.82, 2.24) is 37.2 Å². The Morgan fingerprint density at radius 2 is 1.02 bits per heavy atom. The van der Waals surface area contributed by atoms with Crippen LogP contribution in [0.15, 0.2) is 0 Å². The second-order valence-corrected chi connectivity index (χ2v) is 16.7. The summed E-state index contributed by atoms with van der Waals surface area (Å²) in [6.45, 7) is 20.9. The number of amides is 6. The molecule has 7 N–H and O–H groups in total. The van der Waals surface area contributed by atoms with Crippen molar-refractivity contribution in [2.24, 2.45) is 11.8 Å². The molecule has 0 aliphatic heterocycles. The first-order valence-electron chi connectivity index (χ1n) is 19.4. The van der Waals surface area contributed by atoms with E-state index in [2.05, 4.69) is 44.1 Å². The lowest BCUT2D eigenvalue weighted by molar-refractivity contribution is -0.138. The number of carbonyl (C=O) groups is 7. The van der Waals surface area contributed by atoms with Gasteiger partial charge in [-0.3, -0.25) is 33.6 Å². The molecule has 0 aliphatic carbocycles. The summed E-state index contributed by atoms with van der Waals surface area (Å²) in [5, 5.41) is 19.5. The Labute approximate surface area is 319 Å². The van der Waals surface area contributed by atoms with Gasteiger partial charge in [0.25, 0.3) is 0 Å². The molecule has 0 aromatic carbocycles. The first kappa shape index (κ1) is 49.5. The van der Waals surface area contributed by atoms with Crippen molar-refractivity contribution < 1.29 is 33.6 Å². The van der Waals surface area contributed by atoms with Crippen LogP contribution in [0.3, 0.4) is 0 Å². The highest BCUT2D eigenvalue weighted by molar-refractivity contribution is 5.98. The number of Topliss-reactive ketones (excluding diaryl/α,β-unsaturated/α-hetero) is 1. The number of rotatable bonds is 26. The van der Waals surface area contributed by atoms with Crippen LogP contribution in [0.25, 0.3) is 0 Å². The highest BCUT2D eigenvalue weighted by Gasteiger charge is 2.39. The Morgan fingerprint density at radius 3 is 1.51 bits per heavy atom. The molecule has 0 heterocycles. The number of hydrogen-bond acceptors (Lipinski definition) is 8. The third-order valence-electron chi connectivity index (χ3n) is 9.10. The van der Waals surface area contributed by atoms with E-state index in [9.17, 15) is 33.6 Å². The SMILES string of the molecule is CCCCCCCC[C@H](NC(=O)C(C)(C)NC(=O)C(C)(C)NC)C(=O)N[C@@H](CC(C)C)C(=O)NC(C)(C)C(=O)N[C@@H](CC(C)C)C(=O)NCCC(C)=O. The maximum atomic E-state index is 13.9. The van der Waals surface area contributed by atoms with E-state index in [0.717, 1.165) is 32.1 Å². The summed E-state index contributed by atoms with van der Waals surface area (Å²) in [4.78, 5) is 91.9. The standard InChI is InChI=1S/C39H73N7O7/c1-14-15-16-17-18-19-20-28(43-35(52)39(11,12)46-36(53)37(7,8)40-13)32(49)42-30(24-26(4)5)33(50)45-38(9,10)34(51)44-29(23-25(2)3)31(48)41-22-21-27(6)47/h25-26,28-30,40H,14-24H2,1-13H3,(H,41,48)(H,42,49)(H,43,52)(H,44,51)(H,45,50)(H,46,53)/t28-,29-,30-/m0/s1. The fourth-order valence-corrected chi connectivity index (χ4v) is 5.30. The maximum absolute atomic E-state index is 13.9. The van der Waals surface area contributed by atoms with Gasteiger partial charge in [0.05, 0.1) is 5.54 Å². The van der Waals surface area contributed by atoms with Crippen LogP contribution in [-0.2, 0) is 33.6 Å². The molecule has 0 aliphatic rings. The van der Waals surface area contributed by atoms with Crippen LogP contribution in [0.4, 0.5) is 0 Å². The van der Waals surface area contributed by atoms with Gasteiger partial charge in [-0.1, -0.05) is 73.1 Å². The highest BCUT2D eigenvalue weighted by Crippen LogP contribution is 2.15. The smallest absolute Gasteiger partial charge is 0.245 e. The van der Waals surface area contributed by atoms with Gasteiger partial charge < -0.3 is 37.2 Å². The highest BCUT2D eigenvalue weighted by atomic mass is 16.2. The lowest BCUT2D eigenvalue weighted by Crippen LogP contribution is -2.64. The Morgan fingerprint density at radius 1 is 0.547 bits per heavy atom. The van der Waals surface area contributed by atoms with Crippen molar-refractivity contribution in [3.8, 4) is 0 Å². The first-order valence-corrected chi connectivity index (χ1v) is 19.4. The zero-order chi connectivity index (χ0) is 41.2. The number of carbonyl (C=O) groups excluding carboxylic acids is 7. The van der Waals surface area contributed by atoms with Crippen molar-refractivity contribution in [3.05, 3.63) is 0 Å². The van der Waals surface area contributed by atoms with E-state index < -0.39 is 64.3 Å². The number of ketones is 1. The van der Waals surface area contributed by atoms with Crippen LogP contribution in [0.1, 0.15) is 147 Å². The Hall–Kier alpha value is -3.55. The molecule has 6 amide bonds. The number of hydrogen-bond donors (Lipinski definition) is 7. The molecular weight excluding hydrogens is 678 g/mol. The van der Waals surface area contributed by atoms with Gasteiger partial charge in [-0.05, 0) is 86.6 Å².